The lowest BCUT2D eigenvalue weighted by Gasteiger charge is -2.24. The highest BCUT2D eigenvalue weighted by Crippen LogP contribution is 2.14. The van der Waals surface area contributed by atoms with Gasteiger partial charge in [-0.25, -0.2) is 0 Å². The van der Waals surface area contributed by atoms with Gasteiger partial charge in [0, 0.05) is 26.2 Å². The average Bonchev–Trinajstić information content (AvgIpc) is 2.54. The third-order valence-corrected chi connectivity index (χ3v) is 3.43. The van der Waals surface area contributed by atoms with Gasteiger partial charge in [0.1, 0.15) is 12.9 Å². The van der Waals surface area contributed by atoms with Crippen LogP contribution in [-0.2, 0) is 23.9 Å². The van der Waals surface area contributed by atoms with E-state index in [2.05, 4.69) is 10.6 Å². The number of rotatable bonds is 15. The fourth-order valence-electron chi connectivity index (χ4n) is 1.91. The topological polar surface area (TPSA) is 93.7 Å². The fourth-order valence-corrected chi connectivity index (χ4v) is 1.91. The summed E-state index contributed by atoms with van der Waals surface area (Å²) in [6.07, 6.45) is 4.18. The van der Waals surface area contributed by atoms with Crippen molar-refractivity contribution in [1.82, 2.24) is 10.6 Å². The van der Waals surface area contributed by atoms with Gasteiger partial charge in [0.15, 0.2) is 0 Å². The van der Waals surface area contributed by atoms with Gasteiger partial charge in [-0.2, -0.15) is 0 Å². The second-order valence-corrected chi connectivity index (χ2v) is 6.13. The molecule has 0 rings (SSSR count). The molecule has 140 valence electrons. The molecular weight excluding hydrogens is 312 g/mol. The Morgan fingerprint density at radius 2 is 1.83 bits per heavy atom. The predicted octanol–water partition coefficient (Wildman–Crippen LogP) is 1.20. The van der Waals surface area contributed by atoms with E-state index in [0.717, 1.165) is 25.7 Å². The monoisotopic (exact) mass is 344 g/mol. The van der Waals surface area contributed by atoms with E-state index in [1.807, 2.05) is 20.8 Å². The van der Waals surface area contributed by atoms with Crippen LogP contribution in [0.2, 0.25) is 0 Å². The molecule has 0 aromatic carbocycles. The summed E-state index contributed by atoms with van der Waals surface area (Å²) >= 11 is 0. The van der Waals surface area contributed by atoms with Crippen LogP contribution >= 0.6 is 0 Å². The Labute approximate surface area is 144 Å². The van der Waals surface area contributed by atoms with Crippen molar-refractivity contribution in [3.05, 3.63) is 0 Å². The molecule has 2 amide bonds. The Kier molecular flexibility index (Phi) is 13.1. The molecule has 0 saturated heterocycles. The quantitative estimate of drug-likeness (QED) is 0.344. The van der Waals surface area contributed by atoms with Crippen molar-refractivity contribution < 1.29 is 23.9 Å². The summed E-state index contributed by atoms with van der Waals surface area (Å²) in [5, 5.41) is 5.29. The molecule has 0 heterocycles. The first-order chi connectivity index (χ1) is 11.4. The van der Waals surface area contributed by atoms with E-state index in [0.29, 0.717) is 32.5 Å². The number of hydrogen-bond acceptors (Lipinski definition) is 5. The Morgan fingerprint density at radius 1 is 1.08 bits per heavy atom. The molecule has 0 atom stereocenters. The van der Waals surface area contributed by atoms with E-state index in [4.69, 9.17) is 9.47 Å². The Morgan fingerprint density at radius 3 is 2.50 bits per heavy atom. The number of carbonyl (C=O) groups excluding carboxylic acids is 3. The summed E-state index contributed by atoms with van der Waals surface area (Å²) < 4.78 is 10.9. The van der Waals surface area contributed by atoms with Gasteiger partial charge in [-0.15, -0.1) is 0 Å². The SMILES string of the molecule is CCOCCC(C)(C)OCC(=O)NCCCCCC(=O)NCC=O. The second-order valence-electron chi connectivity index (χ2n) is 6.13. The molecule has 0 aromatic rings. The van der Waals surface area contributed by atoms with Crippen molar-refractivity contribution in [1.29, 1.82) is 0 Å². The largest absolute Gasteiger partial charge is 0.382 e. The summed E-state index contributed by atoms with van der Waals surface area (Å²) in [7, 11) is 0. The highest BCUT2D eigenvalue weighted by Gasteiger charge is 2.19. The van der Waals surface area contributed by atoms with E-state index >= 15 is 0 Å². The van der Waals surface area contributed by atoms with Gasteiger partial charge in [-0.05, 0) is 40.0 Å². The van der Waals surface area contributed by atoms with Gasteiger partial charge in [-0.1, -0.05) is 6.42 Å². The highest BCUT2D eigenvalue weighted by molar-refractivity contribution is 5.78. The molecule has 0 bridgehead atoms. The molecule has 0 aliphatic carbocycles. The third-order valence-electron chi connectivity index (χ3n) is 3.43. The first-order valence-corrected chi connectivity index (χ1v) is 8.60. The molecule has 0 spiro atoms. The highest BCUT2D eigenvalue weighted by atomic mass is 16.5. The zero-order chi connectivity index (χ0) is 18.3. The van der Waals surface area contributed by atoms with Crippen LogP contribution in [0, 0.1) is 0 Å². The molecule has 0 aliphatic heterocycles. The van der Waals surface area contributed by atoms with Crippen molar-refractivity contribution >= 4 is 18.1 Å². The molecule has 0 fully saturated rings. The van der Waals surface area contributed by atoms with Crippen LogP contribution in [0.1, 0.15) is 52.9 Å². The Bertz CT molecular complexity index is 372. The molecular formula is C17H32N2O5. The number of nitrogens with one attached hydrogen (secondary N) is 2. The van der Waals surface area contributed by atoms with Crippen LogP contribution in [-0.4, -0.2) is 56.6 Å². The number of amides is 2. The van der Waals surface area contributed by atoms with E-state index in [1.54, 1.807) is 0 Å². The van der Waals surface area contributed by atoms with Gasteiger partial charge in [0.2, 0.25) is 11.8 Å². The van der Waals surface area contributed by atoms with Crippen LogP contribution < -0.4 is 10.6 Å². The number of carbonyl (C=O) groups is 3. The van der Waals surface area contributed by atoms with Gasteiger partial charge in [0.25, 0.3) is 0 Å². The lowest BCUT2D eigenvalue weighted by atomic mass is 10.1. The number of hydrogen-bond donors (Lipinski definition) is 2. The average molecular weight is 344 g/mol. The zero-order valence-corrected chi connectivity index (χ0v) is 15.2. The Balaban J connectivity index is 3.59. The van der Waals surface area contributed by atoms with Gasteiger partial charge in [0.05, 0.1) is 12.1 Å². The van der Waals surface area contributed by atoms with E-state index < -0.39 is 0 Å². The Hall–Kier alpha value is -1.47. The maximum Gasteiger partial charge on any atom is 0.246 e. The van der Waals surface area contributed by atoms with Crippen molar-refractivity contribution in [2.75, 3.05) is 32.9 Å². The number of unbranched alkanes of at least 4 members (excludes halogenated alkanes) is 2. The second kappa shape index (κ2) is 13.9. The zero-order valence-electron chi connectivity index (χ0n) is 15.2. The minimum atomic E-state index is -0.388. The lowest BCUT2D eigenvalue weighted by molar-refractivity contribution is -0.132. The lowest BCUT2D eigenvalue weighted by Crippen LogP contribution is -2.34. The first kappa shape index (κ1) is 22.5. The van der Waals surface area contributed by atoms with Crippen molar-refractivity contribution in [3.63, 3.8) is 0 Å². The molecule has 7 heteroatoms. The molecule has 7 nitrogen and oxygen atoms in total. The number of ether oxygens (including phenoxy) is 2. The van der Waals surface area contributed by atoms with Gasteiger partial charge >= 0.3 is 0 Å². The molecule has 0 aromatic heterocycles. The van der Waals surface area contributed by atoms with Crippen LogP contribution in [0.25, 0.3) is 0 Å². The van der Waals surface area contributed by atoms with Crippen molar-refractivity contribution in [2.45, 2.75) is 58.5 Å². The maximum absolute atomic E-state index is 11.7. The smallest absolute Gasteiger partial charge is 0.246 e. The van der Waals surface area contributed by atoms with Crippen molar-refractivity contribution in [3.8, 4) is 0 Å². The standard InChI is InChI=1S/C17H32N2O5/c1-4-23-13-9-17(2,3)24-14-16(22)18-10-7-5-6-8-15(21)19-11-12-20/h12H,4-11,13-14H2,1-3H3,(H,18,22)(H,19,21). The summed E-state index contributed by atoms with van der Waals surface area (Å²) in [5.74, 6) is -0.253. The summed E-state index contributed by atoms with van der Waals surface area (Å²) in [4.78, 5) is 33.1. The van der Waals surface area contributed by atoms with Crippen LogP contribution in [0.4, 0.5) is 0 Å². The summed E-state index contributed by atoms with van der Waals surface area (Å²) in [5.41, 5.74) is -0.388. The first-order valence-electron chi connectivity index (χ1n) is 8.60. The normalized spacial score (nSPS) is 11.1. The number of aldehydes is 1. The van der Waals surface area contributed by atoms with Gasteiger partial charge in [-0.3, -0.25) is 9.59 Å². The molecule has 24 heavy (non-hydrogen) atoms. The van der Waals surface area contributed by atoms with E-state index in [-0.39, 0.29) is 30.6 Å². The van der Waals surface area contributed by atoms with Crippen LogP contribution in [0.3, 0.4) is 0 Å². The molecule has 0 aliphatic rings. The molecule has 0 saturated carbocycles. The van der Waals surface area contributed by atoms with Crippen molar-refractivity contribution in [2.24, 2.45) is 0 Å². The van der Waals surface area contributed by atoms with E-state index in [9.17, 15) is 14.4 Å². The third kappa shape index (κ3) is 14.1. The minimum Gasteiger partial charge on any atom is -0.382 e. The van der Waals surface area contributed by atoms with Crippen LogP contribution in [0.15, 0.2) is 0 Å². The minimum absolute atomic E-state index is 0.0349. The van der Waals surface area contributed by atoms with Crippen LogP contribution in [0.5, 0.6) is 0 Å². The maximum atomic E-state index is 11.7. The van der Waals surface area contributed by atoms with E-state index in [1.165, 1.54) is 0 Å². The fraction of sp³-hybridized carbons (Fsp3) is 0.824. The molecule has 0 radical (unpaired) electrons. The van der Waals surface area contributed by atoms with Gasteiger partial charge < -0.3 is 24.9 Å². The predicted molar refractivity (Wildman–Crippen MR) is 91.7 cm³/mol. The molecule has 2 N–H and O–H groups in total. The summed E-state index contributed by atoms with van der Waals surface area (Å²) in [6.45, 7) is 7.78. The summed E-state index contributed by atoms with van der Waals surface area (Å²) in [6, 6.07) is 0. The molecule has 0 unspecified atom stereocenters.